The standard InChI is InChI=1S/C12H11F3N2O3/c1-2-7-19-10-16-17(11(18)20-10)9-6-4-3-5-8(9)12(13,14)15/h3-6H,2,7H2,1H3. The van der Waals surface area contributed by atoms with Crippen LogP contribution in [0.1, 0.15) is 18.9 Å². The lowest BCUT2D eigenvalue weighted by Crippen LogP contribution is -2.18. The van der Waals surface area contributed by atoms with Gasteiger partial charge in [-0.15, -0.1) is 0 Å². The zero-order valence-electron chi connectivity index (χ0n) is 10.5. The van der Waals surface area contributed by atoms with Gasteiger partial charge in [0.2, 0.25) is 0 Å². The summed E-state index contributed by atoms with van der Waals surface area (Å²) in [5.41, 5.74) is -1.38. The fourth-order valence-electron chi connectivity index (χ4n) is 1.56. The van der Waals surface area contributed by atoms with E-state index in [0.29, 0.717) is 11.1 Å². The zero-order chi connectivity index (χ0) is 14.8. The fraction of sp³-hybridized carbons (Fsp3) is 0.333. The molecule has 0 bridgehead atoms. The summed E-state index contributed by atoms with van der Waals surface area (Å²) in [5, 5.41) is 3.61. The van der Waals surface area contributed by atoms with Crippen molar-refractivity contribution >= 4 is 0 Å². The molecule has 0 atom stereocenters. The molecule has 2 aromatic rings. The molecule has 0 saturated carbocycles. The Bertz CT molecular complexity index is 646. The van der Waals surface area contributed by atoms with Crippen LogP contribution in [0, 0.1) is 0 Å². The zero-order valence-corrected chi connectivity index (χ0v) is 10.5. The first-order chi connectivity index (χ1) is 9.43. The molecule has 0 amide bonds. The number of hydrogen-bond acceptors (Lipinski definition) is 4. The first-order valence-electron chi connectivity index (χ1n) is 5.83. The van der Waals surface area contributed by atoms with Crippen LogP contribution in [0.15, 0.2) is 33.5 Å². The lowest BCUT2D eigenvalue weighted by atomic mass is 10.2. The van der Waals surface area contributed by atoms with E-state index in [4.69, 9.17) is 4.74 Å². The number of halogens is 3. The van der Waals surface area contributed by atoms with Crippen molar-refractivity contribution in [1.29, 1.82) is 0 Å². The fourth-order valence-corrected chi connectivity index (χ4v) is 1.56. The van der Waals surface area contributed by atoms with E-state index in [-0.39, 0.29) is 12.7 Å². The summed E-state index contributed by atoms with van der Waals surface area (Å²) < 4.78 is 48.8. The molecular formula is C12H11F3N2O3. The Morgan fingerprint density at radius 1 is 1.35 bits per heavy atom. The molecule has 0 aliphatic heterocycles. The van der Waals surface area contributed by atoms with Crippen LogP contribution in [0.3, 0.4) is 0 Å². The summed E-state index contributed by atoms with van der Waals surface area (Å²) in [7, 11) is 0. The molecule has 20 heavy (non-hydrogen) atoms. The molecule has 0 radical (unpaired) electrons. The molecule has 0 N–H and O–H groups in total. The van der Waals surface area contributed by atoms with E-state index in [0.717, 1.165) is 12.1 Å². The van der Waals surface area contributed by atoms with Crippen LogP contribution < -0.4 is 10.5 Å². The van der Waals surface area contributed by atoms with E-state index in [1.54, 1.807) is 0 Å². The number of hydrogen-bond donors (Lipinski definition) is 0. The Kier molecular flexibility index (Phi) is 3.82. The molecular weight excluding hydrogens is 277 g/mol. The van der Waals surface area contributed by atoms with Crippen LogP contribution in [0.4, 0.5) is 13.2 Å². The third kappa shape index (κ3) is 2.84. The number of alkyl halides is 3. The van der Waals surface area contributed by atoms with E-state index in [2.05, 4.69) is 9.52 Å². The van der Waals surface area contributed by atoms with Crippen LogP contribution in [0.5, 0.6) is 6.08 Å². The molecule has 0 saturated heterocycles. The minimum Gasteiger partial charge on any atom is -0.449 e. The Balaban J connectivity index is 2.47. The average Bonchev–Trinajstić information content (AvgIpc) is 2.76. The maximum Gasteiger partial charge on any atom is 0.444 e. The van der Waals surface area contributed by atoms with Gasteiger partial charge in [-0.25, -0.2) is 4.79 Å². The predicted octanol–water partition coefficient (Wildman–Crippen LogP) is 2.63. The van der Waals surface area contributed by atoms with Crippen molar-refractivity contribution in [2.24, 2.45) is 0 Å². The molecule has 5 nitrogen and oxygen atoms in total. The maximum absolute atomic E-state index is 12.9. The number of para-hydroxylation sites is 1. The highest BCUT2D eigenvalue weighted by Crippen LogP contribution is 2.33. The van der Waals surface area contributed by atoms with E-state index >= 15 is 0 Å². The summed E-state index contributed by atoms with van der Waals surface area (Å²) >= 11 is 0. The monoisotopic (exact) mass is 288 g/mol. The van der Waals surface area contributed by atoms with Crippen molar-refractivity contribution in [3.63, 3.8) is 0 Å². The third-order valence-electron chi connectivity index (χ3n) is 2.40. The SMILES string of the molecule is CCCOc1nn(-c2ccccc2C(F)(F)F)c(=O)o1. The topological polar surface area (TPSA) is 57.3 Å². The molecule has 108 valence electrons. The number of nitrogens with zero attached hydrogens (tertiary/aromatic N) is 2. The smallest absolute Gasteiger partial charge is 0.444 e. The molecule has 8 heteroatoms. The van der Waals surface area contributed by atoms with Crippen LogP contribution in [0.25, 0.3) is 5.69 Å². The Morgan fingerprint density at radius 2 is 2.05 bits per heavy atom. The minimum atomic E-state index is -4.60. The molecule has 0 spiro atoms. The van der Waals surface area contributed by atoms with Crippen LogP contribution in [-0.4, -0.2) is 16.4 Å². The Hall–Kier alpha value is -2.25. The first-order valence-corrected chi connectivity index (χ1v) is 5.83. The number of rotatable bonds is 4. The van der Waals surface area contributed by atoms with Crippen molar-refractivity contribution in [1.82, 2.24) is 9.78 Å². The predicted molar refractivity (Wildman–Crippen MR) is 62.9 cm³/mol. The van der Waals surface area contributed by atoms with Crippen molar-refractivity contribution in [2.75, 3.05) is 6.61 Å². The molecule has 1 aromatic carbocycles. The summed E-state index contributed by atoms with van der Waals surface area (Å²) in [6.07, 6.45) is -4.30. The van der Waals surface area contributed by atoms with Gasteiger partial charge in [0.1, 0.15) is 0 Å². The van der Waals surface area contributed by atoms with Gasteiger partial charge in [-0.3, -0.25) is 0 Å². The van der Waals surface area contributed by atoms with Crippen molar-refractivity contribution in [3.05, 3.63) is 40.4 Å². The van der Waals surface area contributed by atoms with E-state index in [1.165, 1.54) is 12.1 Å². The highest BCUT2D eigenvalue weighted by Gasteiger charge is 2.34. The van der Waals surface area contributed by atoms with Gasteiger partial charge in [0.25, 0.3) is 0 Å². The summed E-state index contributed by atoms with van der Waals surface area (Å²) in [4.78, 5) is 11.6. The number of ether oxygens (including phenoxy) is 1. The quantitative estimate of drug-likeness (QED) is 0.867. The number of benzene rings is 1. The average molecular weight is 288 g/mol. The second-order valence-electron chi connectivity index (χ2n) is 3.91. The molecule has 2 rings (SSSR count). The second-order valence-corrected chi connectivity index (χ2v) is 3.91. The van der Waals surface area contributed by atoms with Gasteiger partial charge < -0.3 is 9.15 Å². The van der Waals surface area contributed by atoms with Crippen molar-refractivity contribution in [2.45, 2.75) is 19.5 Å². The third-order valence-corrected chi connectivity index (χ3v) is 2.40. The van der Waals surface area contributed by atoms with Crippen LogP contribution in [0.2, 0.25) is 0 Å². The van der Waals surface area contributed by atoms with Gasteiger partial charge in [0.15, 0.2) is 0 Å². The van der Waals surface area contributed by atoms with Gasteiger partial charge in [-0.2, -0.15) is 17.9 Å². The normalized spacial score (nSPS) is 11.6. The van der Waals surface area contributed by atoms with Gasteiger partial charge in [-0.1, -0.05) is 24.2 Å². The Labute approximate surface area is 111 Å². The summed E-state index contributed by atoms with van der Waals surface area (Å²) in [6.45, 7) is 2.08. The summed E-state index contributed by atoms with van der Waals surface area (Å²) in [6, 6.07) is 4.60. The largest absolute Gasteiger partial charge is 0.449 e. The first kappa shape index (κ1) is 14.2. The number of aromatic nitrogens is 2. The van der Waals surface area contributed by atoms with E-state index in [1.807, 2.05) is 6.92 Å². The van der Waals surface area contributed by atoms with Gasteiger partial charge in [0, 0.05) is 0 Å². The lowest BCUT2D eigenvalue weighted by Gasteiger charge is -2.10. The van der Waals surface area contributed by atoms with E-state index in [9.17, 15) is 18.0 Å². The molecule has 1 aromatic heterocycles. The molecule has 1 heterocycles. The highest BCUT2D eigenvalue weighted by molar-refractivity contribution is 5.41. The van der Waals surface area contributed by atoms with Crippen LogP contribution >= 0.6 is 0 Å². The molecule has 0 aliphatic rings. The van der Waals surface area contributed by atoms with Crippen molar-refractivity contribution in [3.8, 4) is 11.8 Å². The van der Waals surface area contributed by atoms with Gasteiger partial charge >= 0.3 is 18.0 Å². The van der Waals surface area contributed by atoms with E-state index < -0.39 is 23.2 Å². The molecule has 0 unspecified atom stereocenters. The van der Waals surface area contributed by atoms with Crippen molar-refractivity contribution < 1.29 is 22.3 Å². The minimum absolute atomic E-state index is 0.251. The molecule has 0 fully saturated rings. The van der Waals surface area contributed by atoms with Gasteiger partial charge in [-0.05, 0) is 18.6 Å². The highest BCUT2D eigenvalue weighted by atomic mass is 19.4. The maximum atomic E-state index is 12.9. The Morgan fingerprint density at radius 3 is 2.70 bits per heavy atom. The van der Waals surface area contributed by atoms with Gasteiger partial charge in [0.05, 0.1) is 17.9 Å². The molecule has 0 aliphatic carbocycles. The lowest BCUT2D eigenvalue weighted by molar-refractivity contribution is -0.137. The summed E-state index contributed by atoms with van der Waals surface area (Å²) in [5.74, 6) is -1.03. The van der Waals surface area contributed by atoms with Crippen LogP contribution in [-0.2, 0) is 6.18 Å². The second kappa shape index (κ2) is 5.40.